The Kier molecular flexibility index (Phi) is 7.37. The second-order valence-electron chi connectivity index (χ2n) is 10.6. The van der Waals surface area contributed by atoms with Crippen LogP contribution >= 0.6 is 0 Å². The summed E-state index contributed by atoms with van der Waals surface area (Å²) in [6.45, 7) is 1.23. The van der Waals surface area contributed by atoms with E-state index in [4.69, 9.17) is 0 Å². The van der Waals surface area contributed by atoms with Crippen LogP contribution in [0.1, 0.15) is 49.1 Å². The van der Waals surface area contributed by atoms with Gasteiger partial charge in [0.05, 0.1) is 0 Å². The number of sulfonamides is 1. The van der Waals surface area contributed by atoms with Crippen LogP contribution in [0.4, 0.5) is 20.3 Å². The highest BCUT2D eigenvalue weighted by Gasteiger charge is 2.38. The summed E-state index contributed by atoms with van der Waals surface area (Å²) >= 11 is 0. The molecule has 0 bridgehead atoms. The van der Waals surface area contributed by atoms with Crippen molar-refractivity contribution in [1.82, 2.24) is 14.9 Å². The van der Waals surface area contributed by atoms with Gasteiger partial charge in [0.15, 0.2) is 4.90 Å². The molecule has 0 radical (unpaired) electrons. The van der Waals surface area contributed by atoms with E-state index in [-0.39, 0.29) is 11.4 Å². The highest BCUT2D eigenvalue weighted by molar-refractivity contribution is 7.92. The molecule has 0 amide bonds. The van der Waals surface area contributed by atoms with Crippen LogP contribution < -0.4 is 9.62 Å². The first-order chi connectivity index (χ1) is 18.2. The zero-order valence-electron chi connectivity index (χ0n) is 21.7. The van der Waals surface area contributed by atoms with Crippen LogP contribution in [-0.2, 0) is 16.4 Å². The number of nitrogens with one attached hydrogen (secondary N) is 1. The maximum absolute atomic E-state index is 15.2. The van der Waals surface area contributed by atoms with Crippen molar-refractivity contribution in [1.29, 1.82) is 0 Å². The van der Waals surface area contributed by atoms with Crippen molar-refractivity contribution in [2.24, 2.45) is 0 Å². The lowest BCUT2D eigenvalue weighted by Gasteiger charge is -2.48. The molecule has 1 aromatic heterocycles. The quantitative estimate of drug-likeness (QED) is 0.412. The average molecular weight is 542 g/mol. The topological polar surface area (TPSA) is 78.4 Å². The van der Waals surface area contributed by atoms with E-state index in [9.17, 15) is 8.42 Å². The van der Waals surface area contributed by atoms with Crippen molar-refractivity contribution >= 4 is 21.5 Å². The Balaban J connectivity index is 1.35. The smallest absolute Gasteiger partial charge is 0.268 e. The molecule has 10 heteroatoms. The number of hydrogen-bond acceptors (Lipinski definition) is 6. The molecule has 1 atom stereocenters. The van der Waals surface area contributed by atoms with Gasteiger partial charge in [-0.3, -0.25) is 4.72 Å². The molecule has 202 valence electrons. The maximum atomic E-state index is 15.2. The highest BCUT2D eigenvalue weighted by atomic mass is 32.2. The molecule has 1 N–H and O–H groups in total. The summed E-state index contributed by atoms with van der Waals surface area (Å²) in [5.41, 5.74) is 2.89. The standard InChI is InChI=1S/C28H33F2N5O2S/c1-34(2)28(12-9-20-5-3-6-22(15-20)21-7-8-21)11-4-14-35(18-28)23-16-24(29)27(25(30)17-23)38(36,37)33-26-10-13-31-19-32-26/h3,5-6,10,13,15-17,19,21H,4,7-9,11-12,14,18H2,1-2H3,(H,31,32,33)/t28-/m1/s1. The van der Waals surface area contributed by atoms with E-state index in [2.05, 4.69) is 58.0 Å². The van der Waals surface area contributed by atoms with Crippen LogP contribution in [0.15, 0.2) is 59.9 Å². The number of likely N-dealkylation sites (N-methyl/N-ethyl adjacent to an activating group) is 1. The zero-order chi connectivity index (χ0) is 26.9. The molecule has 1 saturated carbocycles. The van der Waals surface area contributed by atoms with Crippen LogP contribution in [0.2, 0.25) is 0 Å². The molecule has 1 aliphatic heterocycles. The van der Waals surface area contributed by atoms with Gasteiger partial charge in [0.1, 0.15) is 23.8 Å². The van der Waals surface area contributed by atoms with Gasteiger partial charge >= 0.3 is 0 Å². The van der Waals surface area contributed by atoms with Crippen molar-refractivity contribution in [2.75, 3.05) is 36.8 Å². The lowest BCUT2D eigenvalue weighted by molar-refractivity contribution is 0.116. The average Bonchev–Trinajstić information content (AvgIpc) is 3.73. The lowest BCUT2D eigenvalue weighted by Crippen LogP contribution is -2.56. The summed E-state index contributed by atoms with van der Waals surface area (Å²) in [4.78, 5) is 10.6. The van der Waals surface area contributed by atoms with Crippen LogP contribution in [-0.4, -0.2) is 56.0 Å². The lowest BCUT2D eigenvalue weighted by atomic mass is 9.82. The van der Waals surface area contributed by atoms with E-state index in [0.29, 0.717) is 24.7 Å². The minimum absolute atomic E-state index is 0.0719. The highest BCUT2D eigenvalue weighted by Crippen LogP contribution is 2.40. The third-order valence-corrected chi connectivity index (χ3v) is 9.23. The van der Waals surface area contributed by atoms with Gasteiger partial charge in [-0.2, -0.15) is 0 Å². The molecule has 3 aromatic rings. The number of piperidine rings is 1. The molecule has 7 nitrogen and oxygen atoms in total. The zero-order valence-corrected chi connectivity index (χ0v) is 22.5. The van der Waals surface area contributed by atoms with Crippen LogP contribution in [0, 0.1) is 11.6 Å². The van der Waals surface area contributed by atoms with Crippen molar-refractivity contribution in [3.8, 4) is 0 Å². The first-order valence-electron chi connectivity index (χ1n) is 13.0. The van der Waals surface area contributed by atoms with Gasteiger partial charge in [-0.15, -0.1) is 0 Å². The Morgan fingerprint density at radius 3 is 2.55 bits per heavy atom. The van der Waals surface area contributed by atoms with Crippen molar-refractivity contribution in [2.45, 2.75) is 54.9 Å². The Labute approximate surface area is 223 Å². The fraction of sp³-hybridized carbons (Fsp3) is 0.429. The number of anilines is 2. The largest absolute Gasteiger partial charge is 0.370 e. The van der Waals surface area contributed by atoms with E-state index in [0.717, 1.165) is 44.1 Å². The van der Waals surface area contributed by atoms with Gasteiger partial charge < -0.3 is 9.80 Å². The molecule has 2 aliphatic rings. The van der Waals surface area contributed by atoms with Crippen LogP contribution in [0.3, 0.4) is 0 Å². The molecule has 0 unspecified atom stereocenters. The molecule has 38 heavy (non-hydrogen) atoms. The Bertz CT molecular complexity index is 1380. The first-order valence-corrected chi connectivity index (χ1v) is 14.4. The normalized spacial score (nSPS) is 20.1. The second kappa shape index (κ2) is 10.6. The predicted octanol–water partition coefficient (Wildman–Crippen LogP) is 4.97. The SMILES string of the molecule is CN(C)[C@@]1(CCc2cccc(C3CC3)c2)CCCN(c2cc(F)c(S(=O)(=O)Nc3ccncn3)c(F)c2)C1. The number of rotatable bonds is 9. The molecular formula is C28H33F2N5O2S. The van der Waals surface area contributed by atoms with Gasteiger partial charge in [-0.1, -0.05) is 24.3 Å². The van der Waals surface area contributed by atoms with Gasteiger partial charge in [-0.05, 0) is 87.9 Å². The van der Waals surface area contributed by atoms with Gasteiger partial charge in [0, 0.05) is 30.5 Å². The fourth-order valence-corrected chi connectivity index (χ4v) is 6.58. The molecule has 5 rings (SSSR count). The van der Waals surface area contributed by atoms with Gasteiger partial charge in [0.25, 0.3) is 10.0 Å². The number of hydrogen-bond donors (Lipinski definition) is 1. The molecule has 2 heterocycles. The summed E-state index contributed by atoms with van der Waals surface area (Å²) in [6, 6.07) is 12.4. The summed E-state index contributed by atoms with van der Waals surface area (Å²) in [7, 11) is -0.409. The minimum atomic E-state index is -4.52. The predicted molar refractivity (Wildman–Crippen MR) is 144 cm³/mol. The third kappa shape index (κ3) is 5.66. The monoisotopic (exact) mass is 541 g/mol. The van der Waals surface area contributed by atoms with E-state index in [1.165, 1.54) is 36.2 Å². The molecule has 2 aromatic carbocycles. The molecule has 0 spiro atoms. The van der Waals surface area contributed by atoms with Crippen molar-refractivity contribution in [3.05, 3.63) is 77.8 Å². The van der Waals surface area contributed by atoms with Gasteiger partial charge in [-0.25, -0.2) is 27.2 Å². The first kappa shape index (κ1) is 26.5. The summed E-state index contributed by atoms with van der Waals surface area (Å²) in [5, 5.41) is 0. The summed E-state index contributed by atoms with van der Waals surface area (Å²) in [5.74, 6) is -1.65. The van der Waals surface area contributed by atoms with Crippen LogP contribution in [0.25, 0.3) is 0 Å². The molecular weight excluding hydrogens is 508 g/mol. The Hall–Kier alpha value is -3.11. The minimum Gasteiger partial charge on any atom is -0.370 e. The molecule has 1 saturated heterocycles. The summed E-state index contributed by atoms with van der Waals surface area (Å²) < 4.78 is 57.9. The molecule has 1 aliphatic carbocycles. The number of benzene rings is 2. The van der Waals surface area contributed by atoms with Crippen molar-refractivity contribution in [3.63, 3.8) is 0 Å². The number of halogens is 2. The van der Waals surface area contributed by atoms with E-state index >= 15 is 8.78 Å². The number of aromatic nitrogens is 2. The van der Waals surface area contributed by atoms with Gasteiger partial charge in [0.2, 0.25) is 0 Å². The van der Waals surface area contributed by atoms with E-state index in [1.54, 1.807) is 0 Å². The van der Waals surface area contributed by atoms with E-state index < -0.39 is 26.6 Å². The number of aryl methyl sites for hydroxylation is 1. The Morgan fingerprint density at radius 1 is 1.13 bits per heavy atom. The van der Waals surface area contributed by atoms with Crippen LogP contribution in [0.5, 0.6) is 0 Å². The van der Waals surface area contributed by atoms with E-state index in [1.807, 2.05) is 4.90 Å². The second-order valence-corrected chi connectivity index (χ2v) is 12.2. The third-order valence-electron chi connectivity index (χ3n) is 7.82. The molecule has 2 fully saturated rings. The maximum Gasteiger partial charge on any atom is 0.268 e. The van der Waals surface area contributed by atoms with Crippen molar-refractivity contribution < 1.29 is 17.2 Å². The fourth-order valence-electron chi connectivity index (χ4n) is 5.45. The Morgan fingerprint density at radius 2 is 1.89 bits per heavy atom. The summed E-state index contributed by atoms with van der Waals surface area (Å²) in [6.07, 6.45) is 8.67. The number of nitrogens with zero attached hydrogens (tertiary/aromatic N) is 4.